The average Bonchev–Trinajstić information content (AvgIpc) is 3.05. The molecule has 6 nitrogen and oxygen atoms in total. The zero-order chi connectivity index (χ0) is 14.7. The number of nitrogens with zero attached hydrogens (tertiary/aromatic N) is 4. The number of benzene rings is 1. The van der Waals surface area contributed by atoms with E-state index in [0.717, 1.165) is 44.0 Å². The molecule has 0 spiro atoms. The van der Waals surface area contributed by atoms with E-state index in [0.29, 0.717) is 11.8 Å². The van der Waals surface area contributed by atoms with E-state index >= 15 is 0 Å². The first-order valence-electron chi connectivity index (χ1n) is 7.25. The van der Waals surface area contributed by atoms with Crippen LogP contribution in [-0.2, 0) is 0 Å². The van der Waals surface area contributed by atoms with E-state index in [9.17, 15) is 0 Å². The average molecular weight is 288 g/mol. The van der Waals surface area contributed by atoms with Crippen LogP contribution in [0.2, 0.25) is 0 Å². The molecule has 0 N–H and O–H groups in total. The van der Waals surface area contributed by atoms with Crippen molar-refractivity contribution < 1.29 is 9.26 Å². The van der Waals surface area contributed by atoms with Crippen molar-refractivity contribution in [2.75, 3.05) is 44.7 Å². The maximum Gasteiger partial charge on any atom is 0.324 e. The number of hydrogen-bond donors (Lipinski definition) is 0. The van der Waals surface area contributed by atoms with Crippen molar-refractivity contribution in [3.8, 4) is 17.1 Å². The fraction of sp³-hybridized carbons (Fsp3) is 0.467. The van der Waals surface area contributed by atoms with Crippen LogP contribution in [0.15, 0.2) is 28.8 Å². The van der Waals surface area contributed by atoms with Gasteiger partial charge in [-0.05, 0) is 18.7 Å². The number of rotatable bonds is 4. The van der Waals surface area contributed by atoms with Gasteiger partial charge in [-0.25, -0.2) is 0 Å². The Hall–Kier alpha value is -2.08. The van der Waals surface area contributed by atoms with Crippen molar-refractivity contribution in [2.24, 2.45) is 0 Å². The Balaban J connectivity index is 1.74. The second kappa shape index (κ2) is 6.13. The Morgan fingerprint density at radius 3 is 2.76 bits per heavy atom. The third-order valence-corrected chi connectivity index (χ3v) is 3.83. The highest BCUT2D eigenvalue weighted by Crippen LogP contribution is 2.24. The molecule has 1 aromatic heterocycles. The van der Waals surface area contributed by atoms with E-state index < -0.39 is 0 Å². The lowest BCUT2D eigenvalue weighted by Gasteiger charge is -2.32. The Bertz CT molecular complexity index is 591. The summed E-state index contributed by atoms with van der Waals surface area (Å²) in [5.41, 5.74) is 0.900. The van der Waals surface area contributed by atoms with E-state index in [1.165, 1.54) is 0 Å². The van der Waals surface area contributed by atoms with Crippen molar-refractivity contribution in [1.29, 1.82) is 0 Å². The first-order chi connectivity index (χ1) is 10.3. The van der Waals surface area contributed by atoms with Crippen LogP contribution in [0.5, 0.6) is 5.75 Å². The maximum atomic E-state index is 5.41. The summed E-state index contributed by atoms with van der Waals surface area (Å²) in [6.45, 7) is 7.19. The Kier molecular flexibility index (Phi) is 4.06. The quantitative estimate of drug-likeness (QED) is 0.856. The number of aromatic nitrogens is 2. The van der Waals surface area contributed by atoms with Crippen molar-refractivity contribution in [1.82, 2.24) is 15.0 Å². The summed E-state index contributed by atoms with van der Waals surface area (Å²) in [6, 6.07) is 8.28. The smallest absolute Gasteiger partial charge is 0.324 e. The summed E-state index contributed by atoms with van der Waals surface area (Å²) in [5, 5.41) is 4.08. The van der Waals surface area contributed by atoms with Crippen LogP contribution < -0.4 is 9.64 Å². The molecular weight excluding hydrogens is 268 g/mol. The summed E-state index contributed by atoms with van der Waals surface area (Å²) >= 11 is 0. The molecule has 1 aliphatic heterocycles. The van der Waals surface area contributed by atoms with Crippen molar-refractivity contribution in [3.63, 3.8) is 0 Å². The molecule has 1 aromatic carbocycles. The lowest BCUT2D eigenvalue weighted by molar-refractivity contribution is 0.262. The minimum atomic E-state index is 0.599. The minimum Gasteiger partial charge on any atom is -0.497 e. The summed E-state index contributed by atoms with van der Waals surface area (Å²) in [5.74, 6) is 1.39. The van der Waals surface area contributed by atoms with Crippen molar-refractivity contribution in [2.45, 2.75) is 6.92 Å². The van der Waals surface area contributed by atoms with E-state index in [-0.39, 0.29) is 0 Å². The molecule has 2 heterocycles. The van der Waals surface area contributed by atoms with Crippen LogP contribution in [0, 0.1) is 0 Å². The summed E-state index contributed by atoms with van der Waals surface area (Å²) < 4.78 is 10.6. The van der Waals surface area contributed by atoms with E-state index in [1.54, 1.807) is 7.11 Å². The number of methoxy groups -OCH3 is 1. The predicted molar refractivity (Wildman–Crippen MR) is 80.6 cm³/mol. The van der Waals surface area contributed by atoms with E-state index in [2.05, 4.69) is 26.9 Å². The van der Waals surface area contributed by atoms with Gasteiger partial charge in [0.25, 0.3) is 0 Å². The molecular formula is C15H20N4O2. The van der Waals surface area contributed by atoms with Gasteiger partial charge in [-0.2, -0.15) is 4.98 Å². The molecule has 1 aliphatic rings. The molecule has 0 aliphatic carbocycles. The normalized spacial score (nSPS) is 16.2. The van der Waals surface area contributed by atoms with Crippen molar-refractivity contribution >= 4 is 6.01 Å². The number of likely N-dealkylation sites (N-methyl/N-ethyl adjacent to an activating group) is 1. The fourth-order valence-corrected chi connectivity index (χ4v) is 2.48. The molecule has 2 aromatic rings. The zero-order valence-electron chi connectivity index (χ0n) is 12.5. The lowest BCUT2D eigenvalue weighted by atomic mass is 10.2. The molecule has 0 unspecified atom stereocenters. The molecule has 0 atom stereocenters. The molecule has 6 heteroatoms. The molecule has 0 bridgehead atoms. The van der Waals surface area contributed by atoms with Gasteiger partial charge in [-0.3, -0.25) is 0 Å². The zero-order valence-corrected chi connectivity index (χ0v) is 12.5. The highest BCUT2D eigenvalue weighted by atomic mass is 16.5. The third kappa shape index (κ3) is 3.00. The van der Waals surface area contributed by atoms with Crippen LogP contribution >= 0.6 is 0 Å². The maximum absolute atomic E-state index is 5.41. The van der Waals surface area contributed by atoms with Gasteiger partial charge in [0.1, 0.15) is 5.75 Å². The Labute approximate surface area is 124 Å². The van der Waals surface area contributed by atoms with Crippen LogP contribution in [0.25, 0.3) is 11.4 Å². The van der Waals surface area contributed by atoms with Gasteiger partial charge < -0.3 is 19.1 Å². The van der Waals surface area contributed by atoms with Gasteiger partial charge in [0.2, 0.25) is 5.82 Å². The van der Waals surface area contributed by atoms with Gasteiger partial charge in [0.05, 0.1) is 7.11 Å². The number of piperazine rings is 1. The standard InChI is InChI=1S/C15H20N4O2/c1-3-18-7-9-19(10-8-18)15-16-14(17-21-15)12-5-4-6-13(11-12)20-2/h4-6,11H,3,7-10H2,1-2H3. The molecule has 1 saturated heterocycles. The van der Waals surface area contributed by atoms with Gasteiger partial charge in [-0.15, -0.1) is 0 Å². The van der Waals surface area contributed by atoms with E-state index in [4.69, 9.17) is 9.26 Å². The molecule has 3 rings (SSSR count). The fourth-order valence-electron chi connectivity index (χ4n) is 2.48. The summed E-state index contributed by atoms with van der Waals surface area (Å²) in [7, 11) is 1.65. The highest BCUT2D eigenvalue weighted by molar-refractivity contribution is 5.58. The first-order valence-corrected chi connectivity index (χ1v) is 7.25. The Morgan fingerprint density at radius 1 is 1.24 bits per heavy atom. The molecule has 112 valence electrons. The van der Waals surface area contributed by atoms with Gasteiger partial charge >= 0.3 is 6.01 Å². The number of ether oxygens (including phenoxy) is 1. The monoisotopic (exact) mass is 288 g/mol. The Morgan fingerprint density at radius 2 is 2.05 bits per heavy atom. The molecule has 0 radical (unpaired) electrons. The second-order valence-corrected chi connectivity index (χ2v) is 5.05. The molecule has 0 saturated carbocycles. The molecule has 21 heavy (non-hydrogen) atoms. The summed E-state index contributed by atoms with van der Waals surface area (Å²) in [4.78, 5) is 9.06. The minimum absolute atomic E-state index is 0.599. The largest absolute Gasteiger partial charge is 0.497 e. The van der Waals surface area contributed by atoms with Gasteiger partial charge in [0.15, 0.2) is 0 Å². The second-order valence-electron chi connectivity index (χ2n) is 5.05. The third-order valence-electron chi connectivity index (χ3n) is 3.83. The van der Waals surface area contributed by atoms with Gasteiger partial charge in [-0.1, -0.05) is 24.2 Å². The highest BCUT2D eigenvalue weighted by Gasteiger charge is 2.21. The van der Waals surface area contributed by atoms with E-state index in [1.807, 2.05) is 24.3 Å². The summed E-state index contributed by atoms with van der Waals surface area (Å²) in [6.07, 6.45) is 0. The van der Waals surface area contributed by atoms with Crippen LogP contribution in [-0.4, -0.2) is 54.9 Å². The van der Waals surface area contributed by atoms with Gasteiger partial charge in [0, 0.05) is 31.7 Å². The van der Waals surface area contributed by atoms with Crippen LogP contribution in [0.1, 0.15) is 6.92 Å². The number of anilines is 1. The predicted octanol–water partition coefficient (Wildman–Crippen LogP) is 1.89. The topological polar surface area (TPSA) is 54.6 Å². The molecule has 1 fully saturated rings. The van der Waals surface area contributed by atoms with Crippen molar-refractivity contribution in [3.05, 3.63) is 24.3 Å². The first kappa shape index (κ1) is 13.9. The lowest BCUT2D eigenvalue weighted by Crippen LogP contribution is -2.46. The van der Waals surface area contributed by atoms with Crippen LogP contribution in [0.3, 0.4) is 0 Å². The molecule has 0 amide bonds. The van der Waals surface area contributed by atoms with Crippen LogP contribution in [0.4, 0.5) is 6.01 Å². The SMILES string of the molecule is CCN1CCN(c2nc(-c3cccc(OC)c3)no2)CC1. The number of hydrogen-bond acceptors (Lipinski definition) is 6.